The lowest BCUT2D eigenvalue weighted by Gasteiger charge is -2.29. The molecule has 2 nitrogen and oxygen atoms in total. The zero-order chi connectivity index (χ0) is 13.6. The average molecular weight is 284 g/mol. The lowest BCUT2D eigenvalue weighted by atomic mass is 9.86. The van der Waals surface area contributed by atoms with Gasteiger partial charge in [0, 0.05) is 13.2 Å². The highest BCUT2D eigenvalue weighted by Gasteiger charge is 2.47. The van der Waals surface area contributed by atoms with Gasteiger partial charge in [-0.3, -0.25) is 0 Å². The first-order valence-electron chi connectivity index (χ1n) is 8.39. The molecule has 1 radical (unpaired) electrons. The number of hydrogen-bond acceptors (Lipinski definition) is 2. The topological polar surface area (TPSA) is 18.5 Å². The van der Waals surface area contributed by atoms with Crippen molar-refractivity contribution in [3.05, 3.63) is 0 Å². The maximum Gasteiger partial charge on any atom is 0.385 e. The maximum absolute atomic E-state index is 6.12. The number of rotatable bonds is 10. The van der Waals surface area contributed by atoms with Gasteiger partial charge in [-0.05, 0) is 62.3 Å². The Morgan fingerprint density at radius 2 is 1.58 bits per heavy atom. The van der Waals surface area contributed by atoms with E-state index in [1.165, 1.54) is 63.8 Å². The molecule has 2 bridgehead atoms. The molecule has 0 amide bonds. The van der Waals surface area contributed by atoms with Gasteiger partial charge >= 0.3 is 9.28 Å². The van der Waals surface area contributed by atoms with E-state index in [1.807, 2.05) is 0 Å². The number of hydrogen-bond donors (Lipinski definition) is 0. The van der Waals surface area contributed by atoms with Crippen molar-refractivity contribution in [1.29, 1.82) is 0 Å². The van der Waals surface area contributed by atoms with Gasteiger partial charge in [-0.15, -0.1) is 0 Å². The first-order chi connectivity index (χ1) is 9.28. The minimum Gasteiger partial charge on any atom is -0.393 e. The van der Waals surface area contributed by atoms with Crippen LogP contribution in [0.15, 0.2) is 0 Å². The minimum atomic E-state index is -1.02. The molecule has 111 valence electrons. The highest BCUT2D eigenvalue weighted by Crippen LogP contribution is 2.56. The summed E-state index contributed by atoms with van der Waals surface area (Å²) in [7, 11) is -1.02. The fraction of sp³-hybridized carbons (Fsp3) is 1.00. The van der Waals surface area contributed by atoms with Gasteiger partial charge in [0.2, 0.25) is 0 Å². The molecule has 2 rings (SSSR count). The van der Waals surface area contributed by atoms with Crippen LogP contribution in [0.25, 0.3) is 0 Å². The molecule has 2 aliphatic carbocycles. The summed E-state index contributed by atoms with van der Waals surface area (Å²) in [5.41, 5.74) is 0.622. The van der Waals surface area contributed by atoms with E-state index in [1.54, 1.807) is 0 Å². The third kappa shape index (κ3) is 4.57. The van der Waals surface area contributed by atoms with E-state index in [-0.39, 0.29) is 0 Å². The van der Waals surface area contributed by atoms with Crippen LogP contribution in [0.1, 0.15) is 71.6 Å². The Kier molecular flexibility index (Phi) is 6.37. The van der Waals surface area contributed by atoms with Crippen molar-refractivity contribution in [2.75, 3.05) is 13.2 Å². The summed E-state index contributed by atoms with van der Waals surface area (Å²) >= 11 is 0. The summed E-state index contributed by atoms with van der Waals surface area (Å²) in [5.74, 6) is 1.04. The fourth-order valence-electron chi connectivity index (χ4n) is 3.67. The van der Waals surface area contributed by atoms with Crippen molar-refractivity contribution in [1.82, 2.24) is 0 Å². The lowest BCUT2D eigenvalue weighted by Crippen LogP contribution is -2.31. The van der Waals surface area contributed by atoms with Crippen LogP contribution < -0.4 is 0 Å². The molecule has 0 heterocycles. The highest BCUT2D eigenvalue weighted by atomic mass is 28.3. The molecule has 2 aliphatic rings. The first kappa shape index (κ1) is 15.5. The Morgan fingerprint density at radius 3 is 2.00 bits per heavy atom. The second kappa shape index (κ2) is 7.80. The predicted molar refractivity (Wildman–Crippen MR) is 81.3 cm³/mol. The Morgan fingerprint density at radius 1 is 1.00 bits per heavy atom. The Labute approximate surface area is 121 Å². The molecule has 0 unspecified atom stereocenters. The predicted octanol–water partition coefficient (Wildman–Crippen LogP) is 4.69. The van der Waals surface area contributed by atoms with E-state index in [0.717, 1.165) is 19.1 Å². The van der Waals surface area contributed by atoms with Crippen LogP contribution in [0.5, 0.6) is 0 Å². The van der Waals surface area contributed by atoms with Gasteiger partial charge in [0.1, 0.15) is 0 Å². The standard InChI is InChI=1S/C16H31O2Si/c1-3-5-11-17-19(18-12-6-4-2)14-16-9-7-15(13-16)8-10-16/h15H,3-14H2,1-2H3. The SMILES string of the molecule is CCCCO[Si](CC12CCC(CC1)C2)OCCCC. The third-order valence-electron chi connectivity index (χ3n) is 4.93. The zero-order valence-electron chi connectivity index (χ0n) is 12.9. The second-order valence-corrected chi connectivity index (χ2v) is 8.28. The van der Waals surface area contributed by atoms with Gasteiger partial charge in [-0.2, -0.15) is 0 Å². The Hall–Kier alpha value is 0.137. The van der Waals surface area contributed by atoms with Gasteiger partial charge in [0.05, 0.1) is 0 Å². The summed E-state index contributed by atoms with van der Waals surface area (Å²) < 4.78 is 12.2. The molecular weight excluding hydrogens is 252 g/mol. The Balaban J connectivity index is 1.78. The Bertz CT molecular complexity index is 239. The molecular formula is C16H31O2Si. The molecule has 0 N–H and O–H groups in total. The normalized spacial score (nSPS) is 29.5. The summed E-state index contributed by atoms with van der Waals surface area (Å²) in [5, 5.41) is 0. The van der Waals surface area contributed by atoms with Crippen molar-refractivity contribution in [3.8, 4) is 0 Å². The van der Waals surface area contributed by atoms with Crippen molar-refractivity contribution < 1.29 is 8.85 Å². The van der Waals surface area contributed by atoms with Crippen LogP contribution in [0.2, 0.25) is 6.04 Å². The van der Waals surface area contributed by atoms with Crippen LogP contribution >= 0.6 is 0 Å². The van der Waals surface area contributed by atoms with E-state index < -0.39 is 9.28 Å². The smallest absolute Gasteiger partial charge is 0.385 e. The van der Waals surface area contributed by atoms with Crippen molar-refractivity contribution in [2.24, 2.45) is 11.3 Å². The zero-order valence-corrected chi connectivity index (χ0v) is 13.9. The second-order valence-electron chi connectivity index (χ2n) is 6.60. The van der Waals surface area contributed by atoms with Crippen molar-refractivity contribution >= 4 is 9.28 Å². The minimum absolute atomic E-state index is 0.622. The molecule has 0 aromatic heterocycles. The fourth-order valence-corrected chi connectivity index (χ4v) is 5.81. The largest absolute Gasteiger partial charge is 0.393 e. The molecule has 3 heteroatoms. The quantitative estimate of drug-likeness (QED) is 0.428. The summed E-state index contributed by atoms with van der Waals surface area (Å²) in [6.07, 6.45) is 12.1. The van der Waals surface area contributed by atoms with Crippen LogP contribution in [0.3, 0.4) is 0 Å². The van der Waals surface area contributed by atoms with Crippen molar-refractivity contribution in [3.63, 3.8) is 0 Å². The summed E-state index contributed by atoms with van der Waals surface area (Å²) in [6, 6.07) is 1.25. The maximum atomic E-state index is 6.12. The van der Waals surface area contributed by atoms with Crippen LogP contribution in [-0.2, 0) is 8.85 Å². The van der Waals surface area contributed by atoms with Gasteiger partial charge in [0.15, 0.2) is 0 Å². The van der Waals surface area contributed by atoms with E-state index >= 15 is 0 Å². The average Bonchev–Trinajstić information content (AvgIpc) is 2.99. The molecule has 0 atom stereocenters. The summed E-state index contributed by atoms with van der Waals surface area (Å²) in [6.45, 7) is 6.28. The molecule has 0 spiro atoms. The number of unbranched alkanes of at least 4 members (excludes halogenated alkanes) is 2. The molecule has 0 aromatic carbocycles. The van der Waals surface area contributed by atoms with Crippen LogP contribution in [0, 0.1) is 11.3 Å². The van der Waals surface area contributed by atoms with Gasteiger partial charge < -0.3 is 8.85 Å². The summed E-state index contributed by atoms with van der Waals surface area (Å²) in [4.78, 5) is 0. The first-order valence-corrected chi connectivity index (χ1v) is 9.92. The van der Waals surface area contributed by atoms with Crippen LogP contribution in [0.4, 0.5) is 0 Å². The van der Waals surface area contributed by atoms with Crippen molar-refractivity contribution in [2.45, 2.75) is 77.7 Å². The third-order valence-corrected chi connectivity index (χ3v) is 7.02. The van der Waals surface area contributed by atoms with Gasteiger partial charge in [0.25, 0.3) is 0 Å². The lowest BCUT2D eigenvalue weighted by molar-refractivity contribution is 0.174. The molecule has 2 saturated carbocycles. The molecule has 0 aliphatic heterocycles. The van der Waals surface area contributed by atoms with E-state index in [2.05, 4.69) is 13.8 Å². The van der Waals surface area contributed by atoms with E-state index in [0.29, 0.717) is 5.41 Å². The molecule has 0 aromatic rings. The van der Waals surface area contributed by atoms with E-state index in [9.17, 15) is 0 Å². The monoisotopic (exact) mass is 283 g/mol. The molecule has 2 fully saturated rings. The molecule has 19 heavy (non-hydrogen) atoms. The highest BCUT2D eigenvalue weighted by molar-refractivity contribution is 6.44. The number of fused-ring (bicyclic) bond motifs is 2. The van der Waals surface area contributed by atoms with Gasteiger partial charge in [-0.1, -0.05) is 26.7 Å². The molecule has 0 saturated heterocycles. The van der Waals surface area contributed by atoms with Gasteiger partial charge in [-0.25, -0.2) is 0 Å². The van der Waals surface area contributed by atoms with E-state index in [4.69, 9.17) is 8.85 Å². The van der Waals surface area contributed by atoms with Crippen LogP contribution in [-0.4, -0.2) is 22.5 Å².